The van der Waals surface area contributed by atoms with Crippen molar-refractivity contribution in [3.63, 3.8) is 0 Å². The van der Waals surface area contributed by atoms with Crippen LogP contribution in [-0.2, 0) is 6.18 Å². The van der Waals surface area contributed by atoms with Crippen LogP contribution in [0.4, 0.5) is 13.2 Å². The van der Waals surface area contributed by atoms with E-state index in [0.717, 1.165) is 17.7 Å². The van der Waals surface area contributed by atoms with Crippen molar-refractivity contribution < 1.29 is 13.2 Å². The second-order valence-electron chi connectivity index (χ2n) is 3.56. The third kappa shape index (κ3) is 1.68. The number of nitrogens with one attached hydrogen (secondary N) is 1. The van der Waals surface area contributed by atoms with Crippen molar-refractivity contribution in [1.29, 1.82) is 0 Å². The summed E-state index contributed by atoms with van der Waals surface area (Å²) in [5, 5.41) is 0.603. The van der Waals surface area contributed by atoms with Crippen LogP contribution < -0.4 is 5.56 Å². The van der Waals surface area contributed by atoms with Crippen LogP contribution in [0.2, 0.25) is 0 Å². The van der Waals surface area contributed by atoms with Gasteiger partial charge in [0.1, 0.15) is 0 Å². The summed E-state index contributed by atoms with van der Waals surface area (Å²) in [4.78, 5) is 13.8. The average molecular weight is 227 g/mol. The lowest BCUT2D eigenvalue weighted by Crippen LogP contribution is -2.10. The second kappa shape index (κ2) is 3.37. The summed E-state index contributed by atoms with van der Waals surface area (Å²) in [5.41, 5.74) is -0.578. The first-order valence-electron chi connectivity index (χ1n) is 4.59. The van der Waals surface area contributed by atoms with E-state index in [1.807, 2.05) is 0 Å². The lowest BCUT2D eigenvalue weighted by Gasteiger charge is -2.08. The first-order chi connectivity index (χ1) is 7.39. The molecule has 5 heteroatoms. The quantitative estimate of drug-likeness (QED) is 0.737. The molecule has 0 fully saturated rings. The SMILES string of the molecule is Cc1c[nH]c(=O)c2cc(C(F)(F)F)ccc12. The maximum atomic E-state index is 12.4. The summed E-state index contributed by atoms with van der Waals surface area (Å²) < 4.78 is 37.3. The molecule has 2 rings (SSSR count). The number of benzene rings is 1. The Bertz CT molecular complexity index is 598. The minimum absolute atomic E-state index is 0.0647. The Morgan fingerprint density at radius 1 is 1.19 bits per heavy atom. The monoisotopic (exact) mass is 227 g/mol. The van der Waals surface area contributed by atoms with E-state index in [2.05, 4.69) is 4.98 Å². The van der Waals surface area contributed by atoms with Gasteiger partial charge in [0.05, 0.1) is 5.56 Å². The van der Waals surface area contributed by atoms with Gasteiger partial charge in [-0.3, -0.25) is 4.79 Å². The van der Waals surface area contributed by atoms with Crippen LogP contribution in [0.15, 0.2) is 29.2 Å². The number of H-pyrrole nitrogens is 1. The Morgan fingerprint density at radius 2 is 1.88 bits per heavy atom. The van der Waals surface area contributed by atoms with Gasteiger partial charge < -0.3 is 4.98 Å². The van der Waals surface area contributed by atoms with E-state index >= 15 is 0 Å². The lowest BCUT2D eigenvalue weighted by molar-refractivity contribution is -0.137. The number of pyridine rings is 1. The standard InChI is InChI=1S/C11H8F3NO/c1-6-5-15-10(16)9-4-7(11(12,13)14)2-3-8(6)9/h2-5H,1H3,(H,15,16). The molecule has 0 aliphatic heterocycles. The van der Waals surface area contributed by atoms with Gasteiger partial charge in [-0.05, 0) is 30.0 Å². The zero-order chi connectivity index (χ0) is 11.9. The highest BCUT2D eigenvalue weighted by Crippen LogP contribution is 2.30. The average Bonchev–Trinajstić information content (AvgIpc) is 2.22. The van der Waals surface area contributed by atoms with Gasteiger partial charge in [0, 0.05) is 11.6 Å². The summed E-state index contributed by atoms with van der Waals surface area (Å²) in [7, 11) is 0. The van der Waals surface area contributed by atoms with Crippen LogP contribution in [0.5, 0.6) is 0 Å². The summed E-state index contributed by atoms with van der Waals surface area (Å²) in [6.45, 7) is 1.73. The molecule has 0 aliphatic carbocycles. The molecule has 1 N–H and O–H groups in total. The van der Waals surface area contributed by atoms with Crippen molar-refractivity contribution in [2.45, 2.75) is 13.1 Å². The first-order valence-corrected chi connectivity index (χ1v) is 4.59. The number of fused-ring (bicyclic) bond motifs is 1. The number of halogens is 3. The van der Waals surface area contributed by atoms with Crippen LogP contribution >= 0.6 is 0 Å². The maximum absolute atomic E-state index is 12.4. The Kier molecular flexibility index (Phi) is 2.26. The van der Waals surface area contributed by atoms with Crippen molar-refractivity contribution >= 4 is 10.8 Å². The van der Waals surface area contributed by atoms with Crippen molar-refractivity contribution in [3.8, 4) is 0 Å². The number of aromatic nitrogens is 1. The van der Waals surface area contributed by atoms with Gasteiger partial charge in [-0.15, -0.1) is 0 Å². The molecular weight excluding hydrogens is 219 g/mol. The maximum Gasteiger partial charge on any atom is 0.416 e. The number of hydrogen-bond acceptors (Lipinski definition) is 1. The zero-order valence-corrected chi connectivity index (χ0v) is 8.35. The third-order valence-electron chi connectivity index (χ3n) is 2.44. The van der Waals surface area contributed by atoms with Gasteiger partial charge in [0.25, 0.3) is 5.56 Å². The number of rotatable bonds is 0. The smallest absolute Gasteiger partial charge is 0.328 e. The number of hydrogen-bond donors (Lipinski definition) is 1. The Balaban J connectivity index is 2.81. The van der Waals surface area contributed by atoms with E-state index in [4.69, 9.17) is 0 Å². The fourth-order valence-electron chi connectivity index (χ4n) is 1.58. The molecule has 1 aromatic heterocycles. The number of aromatic amines is 1. The summed E-state index contributed by atoms with van der Waals surface area (Å²) in [5.74, 6) is 0. The molecule has 84 valence electrons. The largest absolute Gasteiger partial charge is 0.416 e. The van der Waals surface area contributed by atoms with E-state index in [1.54, 1.807) is 6.92 Å². The molecule has 1 aromatic carbocycles. The van der Waals surface area contributed by atoms with Crippen LogP contribution in [0.25, 0.3) is 10.8 Å². The predicted octanol–water partition coefficient (Wildman–Crippen LogP) is 2.86. The van der Waals surface area contributed by atoms with Crippen LogP contribution in [0.3, 0.4) is 0 Å². The van der Waals surface area contributed by atoms with Gasteiger partial charge in [-0.2, -0.15) is 13.2 Å². The Morgan fingerprint density at radius 3 is 2.50 bits per heavy atom. The molecular formula is C11H8F3NO. The summed E-state index contributed by atoms with van der Waals surface area (Å²) in [6, 6.07) is 3.18. The van der Waals surface area contributed by atoms with Gasteiger partial charge in [-0.1, -0.05) is 6.07 Å². The van der Waals surface area contributed by atoms with Crippen molar-refractivity contribution in [2.24, 2.45) is 0 Å². The lowest BCUT2D eigenvalue weighted by atomic mass is 10.1. The van der Waals surface area contributed by atoms with E-state index in [1.165, 1.54) is 12.3 Å². The van der Waals surface area contributed by atoms with E-state index < -0.39 is 17.3 Å². The topological polar surface area (TPSA) is 32.9 Å². The van der Waals surface area contributed by atoms with Gasteiger partial charge >= 0.3 is 6.18 Å². The first kappa shape index (κ1) is 10.7. The van der Waals surface area contributed by atoms with Gasteiger partial charge in [0.2, 0.25) is 0 Å². The number of alkyl halides is 3. The highest BCUT2D eigenvalue weighted by molar-refractivity contribution is 5.85. The molecule has 0 spiro atoms. The molecule has 0 amide bonds. The van der Waals surface area contributed by atoms with Crippen molar-refractivity contribution in [2.75, 3.05) is 0 Å². The Labute approximate surface area is 88.7 Å². The van der Waals surface area contributed by atoms with Gasteiger partial charge in [0.15, 0.2) is 0 Å². The Hall–Kier alpha value is -1.78. The molecule has 0 saturated carbocycles. The molecule has 0 atom stereocenters. The minimum Gasteiger partial charge on any atom is -0.328 e. The third-order valence-corrected chi connectivity index (χ3v) is 2.44. The molecule has 1 heterocycles. The highest BCUT2D eigenvalue weighted by Gasteiger charge is 2.30. The van der Waals surface area contributed by atoms with Crippen LogP contribution in [-0.4, -0.2) is 4.98 Å². The fraction of sp³-hybridized carbons (Fsp3) is 0.182. The molecule has 2 nitrogen and oxygen atoms in total. The minimum atomic E-state index is -4.43. The van der Waals surface area contributed by atoms with E-state index in [-0.39, 0.29) is 5.39 Å². The van der Waals surface area contributed by atoms with Crippen LogP contribution in [0, 0.1) is 6.92 Å². The molecule has 0 saturated heterocycles. The highest BCUT2D eigenvalue weighted by atomic mass is 19.4. The zero-order valence-electron chi connectivity index (χ0n) is 8.35. The molecule has 2 aromatic rings. The summed E-state index contributed by atoms with van der Waals surface area (Å²) in [6.07, 6.45) is -2.94. The predicted molar refractivity (Wildman–Crippen MR) is 54.3 cm³/mol. The molecule has 0 bridgehead atoms. The molecule has 16 heavy (non-hydrogen) atoms. The normalized spacial score (nSPS) is 12.0. The molecule has 0 unspecified atom stereocenters. The van der Waals surface area contributed by atoms with Crippen molar-refractivity contribution in [1.82, 2.24) is 4.98 Å². The van der Waals surface area contributed by atoms with E-state index in [0.29, 0.717) is 5.39 Å². The molecule has 0 radical (unpaired) electrons. The number of aryl methyl sites for hydroxylation is 1. The summed E-state index contributed by atoms with van der Waals surface area (Å²) >= 11 is 0. The van der Waals surface area contributed by atoms with E-state index in [9.17, 15) is 18.0 Å². The second-order valence-corrected chi connectivity index (χ2v) is 3.56. The van der Waals surface area contributed by atoms with Crippen LogP contribution in [0.1, 0.15) is 11.1 Å². The fourth-order valence-corrected chi connectivity index (χ4v) is 1.58. The van der Waals surface area contributed by atoms with Gasteiger partial charge in [-0.25, -0.2) is 0 Å². The van der Waals surface area contributed by atoms with Crippen molar-refractivity contribution in [3.05, 3.63) is 45.9 Å². The molecule has 0 aliphatic rings.